The molecule has 4 amide bonds. The Kier molecular flexibility index (Phi) is 4.68. The van der Waals surface area contributed by atoms with Crippen molar-refractivity contribution in [2.75, 3.05) is 20.7 Å². The second-order valence-corrected chi connectivity index (χ2v) is 8.10. The minimum absolute atomic E-state index is 0.174. The van der Waals surface area contributed by atoms with E-state index in [1.807, 2.05) is 36.4 Å². The zero-order chi connectivity index (χ0) is 20.8. The first-order valence-corrected chi connectivity index (χ1v) is 9.76. The number of hydrogen-bond acceptors (Lipinski definition) is 4. The van der Waals surface area contributed by atoms with E-state index < -0.39 is 11.6 Å². The van der Waals surface area contributed by atoms with E-state index in [9.17, 15) is 14.4 Å². The third-order valence-corrected chi connectivity index (χ3v) is 5.95. The van der Waals surface area contributed by atoms with E-state index >= 15 is 0 Å². The van der Waals surface area contributed by atoms with Gasteiger partial charge in [-0.3, -0.25) is 14.5 Å². The van der Waals surface area contributed by atoms with Crippen molar-refractivity contribution in [3.05, 3.63) is 42.0 Å². The highest BCUT2D eigenvalue weighted by Gasteiger charge is 2.56. The lowest BCUT2D eigenvalue weighted by Crippen LogP contribution is -2.47. The van der Waals surface area contributed by atoms with Gasteiger partial charge in [0.2, 0.25) is 5.91 Å². The van der Waals surface area contributed by atoms with Gasteiger partial charge in [0.1, 0.15) is 17.8 Å². The topological polar surface area (TPSA) is 79.0 Å². The molecule has 7 heteroatoms. The maximum atomic E-state index is 12.7. The Labute approximate surface area is 169 Å². The van der Waals surface area contributed by atoms with Gasteiger partial charge in [0.05, 0.1) is 7.11 Å². The molecule has 1 saturated carbocycles. The molecule has 2 aromatic rings. The van der Waals surface area contributed by atoms with Crippen LogP contribution in [0.5, 0.6) is 5.75 Å². The van der Waals surface area contributed by atoms with Crippen LogP contribution in [0.3, 0.4) is 0 Å². The van der Waals surface area contributed by atoms with Crippen LogP contribution in [0, 0.1) is 5.92 Å². The molecule has 4 rings (SSSR count). The Bertz CT molecular complexity index is 1000. The number of carbonyl (C=O) groups excluding carboxylic acids is 3. The number of imide groups is 1. The highest BCUT2D eigenvalue weighted by Crippen LogP contribution is 2.42. The average molecular weight is 395 g/mol. The molecule has 0 bridgehead atoms. The second kappa shape index (κ2) is 7.06. The molecule has 1 saturated heterocycles. The maximum absolute atomic E-state index is 12.7. The summed E-state index contributed by atoms with van der Waals surface area (Å²) >= 11 is 0. The summed E-state index contributed by atoms with van der Waals surface area (Å²) in [5, 5.41) is 4.88. The summed E-state index contributed by atoms with van der Waals surface area (Å²) in [6, 6.07) is 11.3. The minimum Gasteiger partial charge on any atom is -0.497 e. The number of methoxy groups -OCH3 is 1. The molecule has 1 N–H and O–H groups in total. The lowest BCUT2D eigenvalue weighted by atomic mass is 9.96. The first-order valence-electron chi connectivity index (χ1n) is 9.76. The Balaban J connectivity index is 1.42. The van der Waals surface area contributed by atoms with Gasteiger partial charge in [-0.2, -0.15) is 0 Å². The summed E-state index contributed by atoms with van der Waals surface area (Å²) in [6.45, 7) is 1.90. The molecule has 0 spiro atoms. The van der Waals surface area contributed by atoms with Gasteiger partial charge in [-0.15, -0.1) is 0 Å². The molecule has 0 aromatic heterocycles. The van der Waals surface area contributed by atoms with E-state index in [4.69, 9.17) is 4.74 Å². The largest absolute Gasteiger partial charge is 0.497 e. The van der Waals surface area contributed by atoms with Crippen molar-refractivity contribution in [1.82, 2.24) is 15.1 Å². The zero-order valence-corrected chi connectivity index (χ0v) is 16.9. The lowest BCUT2D eigenvalue weighted by molar-refractivity contribution is -0.138. The van der Waals surface area contributed by atoms with E-state index in [2.05, 4.69) is 5.32 Å². The van der Waals surface area contributed by atoms with E-state index in [1.165, 1.54) is 4.90 Å². The summed E-state index contributed by atoms with van der Waals surface area (Å²) in [5.41, 5.74) is 0.105. The van der Waals surface area contributed by atoms with Crippen LogP contribution in [0.1, 0.15) is 25.3 Å². The molecule has 2 aromatic carbocycles. The number of carbonyl (C=O) groups is 3. The predicted octanol–water partition coefficient (Wildman–Crippen LogP) is 2.53. The SMILES string of the molecule is COc1ccc2cc(CN(C)C(=O)CN3C(=O)N[C@](C)(C4CC4)C3=O)ccc2c1. The lowest BCUT2D eigenvalue weighted by Gasteiger charge is -2.22. The Morgan fingerprint density at radius 1 is 1.21 bits per heavy atom. The number of ether oxygens (including phenoxy) is 1. The molecular weight excluding hydrogens is 370 g/mol. The Hall–Kier alpha value is -3.09. The van der Waals surface area contributed by atoms with Gasteiger partial charge >= 0.3 is 6.03 Å². The fourth-order valence-corrected chi connectivity index (χ4v) is 3.91. The Morgan fingerprint density at radius 2 is 1.90 bits per heavy atom. The molecular formula is C22H25N3O4. The summed E-state index contributed by atoms with van der Waals surface area (Å²) in [4.78, 5) is 40.2. The molecule has 0 radical (unpaired) electrons. The quantitative estimate of drug-likeness (QED) is 0.763. The van der Waals surface area contributed by atoms with Crippen LogP contribution in [-0.2, 0) is 16.1 Å². The Morgan fingerprint density at radius 3 is 2.59 bits per heavy atom. The van der Waals surface area contributed by atoms with Gasteiger partial charge in [-0.05, 0) is 60.2 Å². The second-order valence-electron chi connectivity index (χ2n) is 8.10. The highest BCUT2D eigenvalue weighted by atomic mass is 16.5. The fraction of sp³-hybridized carbons (Fsp3) is 0.409. The van der Waals surface area contributed by atoms with Gasteiger partial charge < -0.3 is 15.0 Å². The monoisotopic (exact) mass is 395 g/mol. The number of fused-ring (bicyclic) bond motifs is 1. The summed E-state index contributed by atoms with van der Waals surface area (Å²) in [7, 11) is 3.31. The number of rotatable bonds is 6. The highest BCUT2D eigenvalue weighted by molar-refractivity contribution is 6.09. The number of hydrogen-bond donors (Lipinski definition) is 1. The number of benzene rings is 2. The van der Waals surface area contributed by atoms with Crippen molar-refractivity contribution in [2.45, 2.75) is 31.8 Å². The van der Waals surface area contributed by atoms with E-state index in [-0.39, 0.29) is 24.3 Å². The number of likely N-dealkylation sites (N-methyl/N-ethyl adjacent to an activating group) is 1. The first kappa shape index (κ1) is 19.2. The predicted molar refractivity (Wildman–Crippen MR) is 108 cm³/mol. The third kappa shape index (κ3) is 3.52. The molecule has 7 nitrogen and oxygen atoms in total. The fourth-order valence-electron chi connectivity index (χ4n) is 3.91. The van der Waals surface area contributed by atoms with Crippen LogP contribution in [0.4, 0.5) is 4.79 Å². The standard InChI is InChI=1S/C22H25N3O4/c1-22(17-7-8-17)20(27)25(21(28)23-22)13-19(26)24(2)12-14-4-5-16-11-18(29-3)9-6-15(16)10-14/h4-6,9-11,17H,7-8,12-13H2,1-3H3,(H,23,28)/t22-/m1/s1. The zero-order valence-electron chi connectivity index (χ0n) is 16.9. The van der Waals surface area contributed by atoms with Gasteiger partial charge in [0.25, 0.3) is 5.91 Å². The van der Waals surface area contributed by atoms with Crippen LogP contribution in [0.25, 0.3) is 10.8 Å². The molecule has 2 fully saturated rings. The number of urea groups is 1. The van der Waals surface area contributed by atoms with E-state index in [1.54, 1.807) is 21.1 Å². The van der Waals surface area contributed by atoms with Crippen LogP contribution < -0.4 is 10.1 Å². The maximum Gasteiger partial charge on any atom is 0.325 e. The minimum atomic E-state index is -0.866. The van der Waals surface area contributed by atoms with Crippen molar-refractivity contribution in [3.8, 4) is 5.75 Å². The van der Waals surface area contributed by atoms with E-state index in [0.717, 1.165) is 39.8 Å². The van der Waals surface area contributed by atoms with Gasteiger partial charge in [-0.25, -0.2) is 4.79 Å². The van der Waals surface area contributed by atoms with Crippen molar-refractivity contribution >= 4 is 28.6 Å². The molecule has 1 heterocycles. The van der Waals surface area contributed by atoms with Gasteiger partial charge in [0.15, 0.2) is 0 Å². The molecule has 1 atom stereocenters. The van der Waals surface area contributed by atoms with Crippen molar-refractivity contribution < 1.29 is 19.1 Å². The molecule has 152 valence electrons. The number of amides is 4. The van der Waals surface area contributed by atoms with Crippen LogP contribution in [0.2, 0.25) is 0 Å². The van der Waals surface area contributed by atoms with Crippen molar-refractivity contribution in [1.29, 1.82) is 0 Å². The molecule has 29 heavy (non-hydrogen) atoms. The number of nitrogens with zero attached hydrogens (tertiary/aromatic N) is 2. The van der Waals surface area contributed by atoms with Gasteiger partial charge in [-0.1, -0.05) is 18.2 Å². The summed E-state index contributed by atoms with van der Waals surface area (Å²) < 4.78 is 5.24. The molecule has 2 aliphatic rings. The third-order valence-electron chi connectivity index (χ3n) is 5.95. The van der Waals surface area contributed by atoms with Crippen LogP contribution in [0.15, 0.2) is 36.4 Å². The van der Waals surface area contributed by atoms with Crippen LogP contribution >= 0.6 is 0 Å². The van der Waals surface area contributed by atoms with Crippen LogP contribution in [-0.4, -0.2) is 53.9 Å². The van der Waals surface area contributed by atoms with E-state index in [0.29, 0.717) is 6.54 Å². The summed E-state index contributed by atoms with van der Waals surface area (Å²) in [6.07, 6.45) is 1.86. The first-order chi connectivity index (χ1) is 13.8. The normalized spacial score (nSPS) is 21.4. The summed E-state index contributed by atoms with van der Waals surface area (Å²) in [5.74, 6) is 0.395. The smallest absolute Gasteiger partial charge is 0.325 e. The van der Waals surface area contributed by atoms with Gasteiger partial charge in [0, 0.05) is 13.6 Å². The number of nitrogens with one attached hydrogen (secondary N) is 1. The van der Waals surface area contributed by atoms with Crippen molar-refractivity contribution in [3.63, 3.8) is 0 Å². The van der Waals surface area contributed by atoms with Crippen molar-refractivity contribution in [2.24, 2.45) is 5.92 Å². The molecule has 1 aliphatic carbocycles. The molecule has 1 aliphatic heterocycles. The average Bonchev–Trinajstić information content (AvgIpc) is 3.53. The molecule has 0 unspecified atom stereocenters.